The molecule has 0 fully saturated rings. The van der Waals surface area contributed by atoms with Gasteiger partial charge in [-0.2, -0.15) is 11.8 Å². The Bertz CT molecular complexity index is 888. The van der Waals surface area contributed by atoms with Crippen molar-refractivity contribution in [3.8, 4) is 22.4 Å². The van der Waals surface area contributed by atoms with Crippen LogP contribution in [-0.4, -0.2) is 33.9 Å². The van der Waals surface area contributed by atoms with Gasteiger partial charge in [0.25, 0.3) is 0 Å². The number of anilines is 1. The fourth-order valence-electron chi connectivity index (χ4n) is 2.53. The predicted octanol–water partition coefficient (Wildman–Crippen LogP) is 4.68. The van der Waals surface area contributed by atoms with Crippen molar-refractivity contribution in [2.45, 2.75) is 12.5 Å². The van der Waals surface area contributed by atoms with Crippen molar-refractivity contribution >= 4 is 45.9 Å². The summed E-state index contributed by atoms with van der Waals surface area (Å²) in [5.74, 6) is 0.674. The normalized spacial score (nSPS) is 11.9. The standard InChI is InChI=1S/C19H19ClN4OS2/c1-26-10-7-16(24-20)18(25)23-19-22-17(12-27-19)15-4-2-3-14(11-15)13-5-8-21-9-6-13/h2-6,8-9,11-12,16,24H,7,10H2,1H3,(H,22,23,25). The molecule has 0 radical (unpaired) electrons. The van der Waals surface area contributed by atoms with Crippen molar-refractivity contribution in [2.75, 3.05) is 17.3 Å². The number of aromatic nitrogens is 2. The highest BCUT2D eigenvalue weighted by molar-refractivity contribution is 7.98. The highest BCUT2D eigenvalue weighted by atomic mass is 35.5. The number of nitrogens with one attached hydrogen (secondary N) is 2. The van der Waals surface area contributed by atoms with Crippen LogP contribution in [0.5, 0.6) is 0 Å². The average Bonchev–Trinajstić information content (AvgIpc) is 3.18. The molecule has 1 amide bonds. The second-order valence-corrected chi connectivity index (χ2v) is 7.85. The quantitative estimate of drug-likeness (QED) is 0.520. The lowest BCUT2D eigenvalue weighted by Crippen LogP contribution is -2.36. The van der Waals surface area contributed by atoms with Gasteiger partial charge in [0.2, 0.25) is 5.91 Å². The summed E-state index contributed by atoms with van der Waals surface area (Å²) in [6, 6.07) is 11.6. The maximum Gasteiger partial charge on any atom is 0.244 e. The van der Waals surface area contributed by atoms with E-state index in [0.29, 0.717) is 11.6 Å². The molecular weight excluding hydrogens is 400 g/mol. The number of hydrogen-bond donors (Lipinski definition) is 2. The van der Waals surface area contributed by atoms with Gasteiger partial charge >= 0.3 is 0 Å². The Labute approximate surface area is 171 Å². The fraction of sp³-hybridized carbons (Fsp3) is 0.211. The monoisotopic (exact) mass is 418 g/mol. The van der Waals surface area contributed by atoms with Gasteiger partial charge in [0.05, 0.1) is 5.69 Å². The van der Waals surface area contributed by atoms with Gasteiger partial charge in [-0.15, -0.1) is 11.3 Å². The van der Waals surface area contributed by atoms with Gasteiger partial charge in [-0.3, -0.25) is 9.78 Å². The van der Waals surface area contributed by atoms with Crippen molar-refractivity contribution < 1.29 is 4.79 Å². The summed E-state index contributed by atoms with van der Waals surface area (Å²) in [6.45, 7) is 0. The third kappa shape index (κ3) is 5.29. The Kier molecular flexibility index (Phi) is 7.23. The third-order valence-corrected chi connectivity index (χ3v) is 5.63. The molecule has 1 aromatic carbocycles. The number of hydrogen-bond acceptors (Lipinski definition) is 6. The van der Waals surface area contributed by atoms with Crippen LogP contribution in [0.25, 0.3) is 22.4 Å². The third-order valence-electron chi connectivity index (χ3n) is 3.97. The van der Waals surface area contributed by atoms with Crippen molar-refractivity contribution in [3.05, 3.63) is 54.2 Å². The van der Waals surface area contributed by atoms with E-state index in [1.54, 1.807) is 24.2 Å². The van der Waals surface area contributed by atoms with E-state index in [4.69, 9.17) is 11.8 Å². The molecule has 5 nitrogen and oxygen atoms in total. The van der Waals surface area contributed by atoms with E-state index in [2.05, 4.69) is 32.3 Å². The van der Waals surface area contributed by atoms with Gasteiger partial charge in [0.15, 0.2) is 5.13 Å². The summed E-state index contributed by atoms with van der Waals surface area (Å²) < 4.78 is 0. The molecule has 1 unspecified atom stereocenters. The molecular formula is C19H19ClN4OS2. The molecule has 27 heavy (non-hydrogen) atoms. The summed E-state index contributed by atoms with van der Waals surface area (Å²) in [5, 5.41) is 5.34. The minimum atomic E-state index is -0.443. The molecule has 140 valence electrons. The molecule has 0 saturated carbocycles. The molecule has 0 spiro atoms. The molecule has 1 atom stereocenters. The van der Waals surface area contributed by atoms with Crippen molar-refractivity contribution in [3.63, 3.8) is 0 Å². The zero-order chi connectivity index (χ0) is 19.1. The molecule has 3 rings (SSSR count). The second kappa shape index (κ2) is 9.85. The summed E-state index contributed by atoms with van der Waals surface area (Å²) >= 11 is 8.77. The summed E-state index contributed by atoms with van der Waals surface area (Å²) in [6.07, 6.45) is 6.20. The Morgan fingerprint density at radius 1 is 1.22 bits per heavy atom. The number of halogens is 1. The van der Waals surface area contributed by atoms with Crippen LogP contribution >= 0.6 is 34.9 Å². The van der Waals surface area contributed by atoms with Gasteiger partial charge in [-0.1, -0.05) is 18.2 Å². The molecule has 8 heteroatoms. The molecule has 0 aliphatic heterocycles. The highest BCUT2D eigenvalue weighted by Crippen LogP contribution is 2.28. The van der Waals surface area contributed by atoms with Crippen molar-refractivity contribution in [2.24, 2.45) is 0 Å². The number of thioether (sulfide) groups is 1. The smallest absolute Gasteiger partial charge is 0.244 e. The minimum absolute atomic E-state index is 0.175. The summed E-state index contributed by atoms with van der Waals surface area (Å²) in [7, 11) is 0. The highest BCUT2D eigenvalue weighted by Gasteiger charge is 2.18. The SMILES string of the molecule is CSCCC(NCl)C(=O)Nc1nc(-c2cccc(-c3ccncc3)c2)cs1. The van der Waals surface area contributed by atoms with Gasteiger partial charge in [0, 0.05) is 23.3 Å². The number of nitrogens with zero attached hydrogens (tertiary/aromatic N) is 2. The van der Waals surface area contributed by atoms with Crippen LogP contribution in [0.3, 0.4) is 0 Å². The van der Waals surface area contributed by atoms with E-state index < -0.39 is 6.04 Å². The molecule has 2 N–H and O–H groups in total. The number of benzene rings is 1. The Balaban J connectivity index is 1.73. The van der Waals surface area contributed by atoms with E-state index in [1.807, 2.05) is 35.9 Å². The predicted molar refractivity (Wildman–Crippen MR) is 115 cm³/mol. The van der Waals surface area contributed by atoms with Crippen LogP contribution in [0.1, 0.15) is 6.42 Å². The van der Waals surface area contributed by atoms with Gasteiger partial charge in [0.1, 0.15) is 6.04 Å². The minimum Gasteiger partial charge on any atom is -0.301 e. The van der Waals surface area contributed by atoms with Gasteiger partial charge in [-0.25, -0.2) is 9.82 Å². The van der Waals surface area contributed by atoms with Gasteiger partial charge in [-0.05, 0) is 59.5 Å². The number of pyridine rings is 1. The Morgan fingerprint density at radius 2 is 2.00 bits per heavy atom. The van der Waals surface area contributed by atoms with E-state index in [1.165, 1.54) is 11.3 Å². The lowest BCUT2D eigenvalue weighted by atomic mass is 10.0. The zero-order valence-corrected chi connectivity index (χ0v) is 17.1. The summed E-state index contributed by atoms with van der Waals surface area (Å²) in [4.78, 5) is 23.5. The Hall–Kier alpha value is -1.93. The number of amides is 1. The van der Waals surface area contributed by atoms with Crippen LogP contribution in [0.2, 0.25) is 0 Å². The molecule has 2 aromatic heterocycles. The zero-order valence-electron chi connectivity index (χ0n) is 14.7. The van der Waals surface area contributed by atoms with E-state index in [-0.39, 0.29) is 5.91 Å². The van der Waals surface area contributed by atoms with Crippen molar-refractivity contribution in [1.82, 2.24) is 14.8 Å². The number of rotatable bonds is 8. The van der Waals surface area contributed by atoms with Gasteiger partial charge < -0.3 is 5.32 Å². The summed E-state index contributed by atoms with van der Waals surface area (Å²) in [5.41, 5.74) is 4.01. The maximum absolute atomic E-state index is 12.3. The second-order valence-electron chi connectivity index (χ2n) is 5.79. The van der Waals surface area contributed by atoms with E-state index in [9.17, 15) is 4.79 Å². The van der Waals surface area contributed by atoms with Crippen LogP contribution in [0.15, 0.2) is 54.2 Å². The average molecular weight is 419 g/mol. The fourth-order valence-corrected chi connectivity index (χ4v) is 3.93. The van der Waals surface area contributed by atoms with E-state index in [0.717, 1.165) is 28.1 Å². The first-order chi connectivity index (χ1) is 13.2. The number of thiazole rings is 1. The van der Waals surface area contributed by atoms with Crippen LogP contribution < -0.4 is 10.2 Å². The Morgan fingerprint density at radius 3 is 2.74 bits per heavy atom. The molecule has 0 aliphatic carbocycles. The number of carbonyl (C=O) groups is 1. The molecule has 2 heterocycles. The first-order valence-corrected chi connectivity index (χ1v) is 11.0. The van der Waals surface area contributed by atoms with Crippen LogP contribution in [0.4, 0.5) is 5.13 Å². The molecule has 3 aromatic rings. The van der Waals surface area contributed by atoms with Crippen molar-refractivity contribution in [1.29, 1.82) is 0 Å². The lowest BCUT2D eigenvalue weighted by Gasteiger charge is -2.12. The largest absolute Gasteiger partial charge is 0.301 e. The first-order valence-electron chi connectivity index (χ1n) is 8.33. The molecule has 0 saturated heterocycles. The van der Waals surface area contributed by atoms with Crippen LogP contribution in [-0.2, 0) is 4.79 Å². The topological polar surface area (TPSA) is 66.9 Å². The maximum atomic E-state index is 12.3. The molecule has 0 aliphatic rings. The van der Waals surface area contributed by atoms with Crippen LogP contribution in [0, 0.1) is 0 Å². The molecule has 0 bridgehead atoms. The van der Waals surface area contributed by atoms with E-state index >= 15 is 0 Å². The first kappa shape index (κ1) is 19.8. The number of carbonyl (C=O) groups excluding carboxylic acids is 1. The lowest BCUT2D eigenvalue weighted by molar-refractivity contribution is -0.117.